The molecule has 0 aliphatic heterocycles. The smallest absolute Gasteiger partial charge is 0.160 e. The topological polar surface area (TPSA) is 36.4 Å². The number of hydrogen-bond donors (Lipinski definition) is 1. The first-order valence-electron chi connectivity index (χ1n) is 5.10. The van der Waals surface area contributed by atoms with Crippen LogP contribution < -0.4 is 0 Å². The average molecular weight is 308 g/mol. The summed E-state index contributed by atoms with van der Waals surface area (Å²) in [5.74, 6) is -0.0216. The Morgan fingerprint density at radius 1 is 1.22 bits per heavy atom. The molecule has 2 rings (SSSR count). The Labute approximate surface area is 122 Å². The normalized spacial score (nSPS) is 10.7. The van der Waals surface area contributed by atoms with Gasteiger partial charge in [0.25, 0.3) is 0 Å². The molecule has 98 valence electrons. The molecule has 1 aromatic heterocycles. The molecular weight excluding hydrogens is 295 g/mol. The highest BCUT2D eigenvalue weighted by Gasteiger charge is 2.11. The molecule has 1 aromatic carbocycles. The van der Waals surface area contributed by atoms with Crippen molar-refractivity contribution in [3.8, 4) is 5.75 Å². The maximum atomic E-state index is 9.87. The lowest BCUT2D eigenvalue weighted by Crippen LogP contribution is -2.11. The monoisotopic (exact) mass is 306 g/mol. The van der Waals surface area contributed by atoms with Gasteiger partial charge in [0.1, 0.15) is 5.52 Å². The number of pyridine rings is 1. The van der Waals surface area contributed by atoms with Gasteiger partial charge >= 0.3 is 0 Å². The molecule has 0 atom stereocenters. The summed E-state index contributed by atoms with van der Waals surface area (Å²) in [6.07, 6.45) is 0. The van der Waals surface area contributed by atoms with Crippen molar-refractivity contribution in [3.05, 3.63) is 33.9 Å². The number of halogens is 3. The van der Waals surface area contributed by atoms with E-state index in [4.69, 9.17) is 23.2 Å². The van der Waals surface area contributed by atoms with Gasteiger partial charge in [-0.1, -0.05) is 23.2 Å². The van der Waals surface area contributed by atoms with Crippen LogP contribution in [0, 0.1) is 0 Å². The summed E-state index contributed by atoms with van der Waals surface area (Å²) in [4.78, 5) is 6.37. The molecule has 0 aliphatic carbocycles. The minimum atomic E-state index is -0.0216. The first kappa shape index (κ1) is 15.3. The summed E-state index contributed by atoms with van der Waals surface area (Å²) in [5, 5.41) is 11.3. The minimum absolute atomic E-state index is 0. The van der Waals surface area contributed by atoms with Crippen LogP contribution in [0.4, 0.5) is 0 Å². The van der Waals surface area contributed by atoms with E-state index in [1.165, 1.54) is 6.07 Å². The molecule has 0 saturated heterocycles. The first-order valence-corrected chi connectivity index (χ1v) is 5.86. The number of aromatic nitrogens is 1. The number of benzene rings is 1. The molecule has 0 unspecified atom stereocenters. The van der Waals surface area contributed by atoms with Crippen molar-refractivity contribution in [2.45, 2.75) is 6.54 Å². The molecule has 0 saturated carbocycles. The number of phenols is 1. The van der Waals surface area contributed by atoms with Gasteiger partial charge in [0.15, 0.2) is 5.75 Å². The second-order valence-electron chi connectivity index (χ2n) is 4.13. The van der Waals surface area contributed by atoms with Crippen molar-refractivity contribution < 1.29 is 5.11 Å². The van der Waals surface area contributed by atoms with Crippen LogP contribution in [-0.4, -0.2) is 29.1 Å². The highest BCUT2D eigenvalue weighted by molar-refractivity contribution is 6.39. The van der Waals surface area contributed by atoms with Crippen LogP contribution in [0.2, 0.25) is 10.0 Å². The molecule has 0 aliphatic rings. The molecule has 3 nitrogen and oxygen atoms in total. The lowest BCUT2D eigenvalue weighted by Gasteiger charge is -2.11. The third kappa shape index (κ3) is 2.98. The van der Waals surface area contributed by atoms with Crippen LogP contribution >= 0.6 is 35.6 Å². The predicted octanol–water partition coefficient (Wildman–Crippen LogP) is 3.73. The summed E-state index contributed by atoms with van der Waals surface area (Å²) >= 11 is 11.9. The quantitative estimate of drug-likeness (QED) is 0.918. The highest BCUT2D eigenvalue weighted by atomic mass is 35.5. The van der Waals surface area contributed by atoms with Crippen LogP contribution in [0.5, 0.6) is 5.75 Å². The van der Waals surface area contributed by atoms with Crippen molar-refractivity contribution in [1.29, 1.82) is 0 Å². The van der Waals surface area contributed by atoms with Gasteiger partial charge in [-0.25, -0.2) is 4.98 Å². The molecule has 1 N–H and O–H groups in total. The van der Waals surface area contributed by atoms with E-state index in [2.05, 4.69) is 4.98 Å². The lowest BCUT2D eigenvalue weighted by atomic mass is 10.2. The predicted molar refractivity (Wildman–Crippen MR) is 78.1 cm³/mol. The van der Waals surface area contributed by atoms with Crippen molar-refractivity contribution in [2.75, 3.05) is 14.1 Å². The van der Waals surface area contributed by atoms with Gasteiger partial charge in [-0.15, -0.1) is 12.4 Å². The molecular formula is C12H13Cl3N2O. The number of rotatable bonds is 2. The summed E-state index contributed by atoms with van der Waals surface area (Å²) in [6, 6.07) is 5.26. The van der Waals surface area contributed by atoms with Crippen LogP contribution in [0.1, 0.15) is 5.69 Å². The van der Waals surface area contributed by atoms with E-state index >= 15 is 0 Å². The molecule has 6 heteroatoms. The van der Waals surface area contributed by atoms with Crippen LogP contribution in [0.15, 0.2) is 18.2 Å². The fraction of sp³-hybridized carbons (Fsp3) is 0.250. The second kappa shape index (κ2) is 5.93. The Morgan fingerprint density at radius 3 is 2.50 bits per heavy atom. The van der Waals surface area contributed by atoms with Crippen molar-refractivity contribution in [3.63, 3.8) is 0 Å². The third-order valence-electron chi connectivity index (χ3n) is 2.39. The molecule has 18 heavy (non-hydrogen) atoms. The summed E-state index contributed by atoms with van der Waals surface area (Å²) < 4.78 is 0. The van der Waals surface area contributed by atoms with E-state index in [0.717, 1.165) is 5.69 Å². The van der Waals surface area contributed by atoms with Crippen LogP contribution in [0.25, 0.3) is 10.9 Å². The zero-order valence-electron chi connectivity index (χ0n) is 9.94. The fourth-order valence-electron chi connectivity index (χ4n) is 1.66. The fourth-order valence-corrected chi connectivity index (χ4v) is 2.17. The Hall–Kier alpha value is -0.740. The molecule has 0 fully saturated rings. The van der Waals surface area contributed by atoms with Gasteiger partial charge in [-0.05, 0) is 32.3 Å². The zero-order valence-corrected chi connectivity index (χ0v) is 12.3. The number of fused-ring (bicyclic) bond motifs is 1. The van der Waals surface area contributed by atoms with E-state index in [-0.39, 0.29) is 23.2 Å². The molecule has 0 spiro atoms. The number of hydrogen-bond acceptors (Lipinski definition) is 3. The van der Waals surface area contributed by atoms with E-state index in [0.29, 0.717) is 22.5 Å². The Balaban J connectivity index is 0.00000162. The SMILES string of the molecule is CN(C)Cc1ccc2c(Cl)cc(Cl)c(O)c2n1.Cl. The van der Waals surface area contributed by atoms with E-state index in [1.54, 1.807) is 0 Å². The molecule has 1 heterocycles. The third-order valence-corrected chi connectivity index (χ3v) is 2.99. The Kier molecular flexibility index (Phi) is 5.05. The maximum Gasteiger partial charge on any atom is 0.160 e. The number of phenolic OH excluding ortho intramolecular Hbond substituents is 1. The summed E-state index contributed by atoms with van der Waals surface area (Å²) in [6.45, 7) is 0.694. The van der Waals surface area contributed by atoms with Gasteiger partial charge in [-0.3, -0.25) is 0 Å². The van der Waals surface area contributed by atoms with Crippen LogP contribution in [0.3, 0.4) is 0 Å². The van der Waals surface area contributed by atoms with E-state index in [1.807, 2.05) is 31.1 Å². The van der Waals surface area contributed by atoms with Gasteiger partial charge in [-0.2, -0.15) is 0 Å². The zero-order chi connectivity index (χ0) is 12.6. The van der Waals surface area contributed by atoms with Gasteiger partial charge in [0.05, 0.1) is 15.7 Å². The number of nitrogens with zero attached hydrogens (tertiary/aromatic N) is 2. The van der Waals surface area contributed by atoms with Crippen molar-refractivity contribution in [1.82, 2.24) is 9.88 Å². The van der Waals surface area contributed by atoms with E-state index in [9.17, 15) is 5.11 Å². The summed E-state index contributed by atoms with van der Waals surface area (Å²) in [5.41, 5.74) is 1.30. The van der Waals surface area contributed by atoms with Gasteiger partial charge in [0, 0.05) is 11.9 Å². The van der Waals surface area contributed by atoms with E-state index < -0.39 is 0 Å². The van der Waals surface area contributed by atoms with Crippen molar-refractivity contribution in [2.24, 2.45) is 0 Å². The Morgan fingerprint density at radius 2 is 1.89 bits per heavy atom. The second-order valence-corrected chi connectivity index (χ2v) is 4.94. The minimum Gasteiger partial charge on any atom is -0.504 e. The summed E-state index contributed by atoms with van der Waals surface area (Å²) in [7, 11) is 3.91. The Bertz CT molecular complexity index is 573. The lowest BCUT2D eigenvalue weighted by molar-refractivity contribution is 0.397. The molecule has 0 radical (unpaired) electrons. The largest absolute Gasteiger partial charge is 0.504 e. The van der Waals surface area contributed by atoms with Gasteiger partial charge < -0.3 is 10.0 Å². The number of aromatic hydroxyl groups is 1. The molecule has 0 bridgehead atoms. The standard InChI is InChI=1S/C12H12Cl2N2O.ClH/c1-16(2)6-7-3-4-8-9(13)5-10(14)12(17)11(8)15-7;/h3-5,17H,6H2,1-2H3;1H. The highest BCUT2D eigenvalue weighted by Crippen LogP contribution is 2.36. The maximum absolute atomic E-state index is 9.87. The average Bonchev–Trinajstić information content (AvgIpc) is 2.25. The van der Waals surface area contributed by atoms with Crippen molar-refractivity contribution >= 4 is 46.5 Å². The van der Waals surface area contributed by atoms with Gasteiger partial charge in [0.2, 0.25) is 0 Å². The molecule has 2 aromatic rings. The van der Waals surface area contributed by atoms with Crippen LogP contribution in [-0.2, 0) is 6.54 Å². The molecule has 0 amide bonds. The first-order chi connectivity index (χ1) is 7.99.